The molecule has 1 heterocycles. The summed E-state index contributed by atoms with van der Waals surface area (Å²) >= 11 is 3.27. The molecule has 0 atom stereocenters. The van der Waals surface area contributed by atoms with Crippen LogP contribution < -0.4 is 5.32 Å². The summed E-state index contributed by atoms with van der Waals surface area (Å²) in [5.74, 6) is 0.580. The number of carbonyl (C=O) groups is 1. The van der Waals surface area contributed by atoms with E-state index in [9.17, 15) is 4.79 Å². The second-order valence-electron chi connectivity index (χ2n) is 4.56. The zero-order valence-corrected chi connectivity index (χ0v) is 11.4. The molecule has 1 fully saturated rings. The van der Waals surface area contributed by atoms with Crippen LogP contribution in [0.5, 0.6) is 0 Å². The normalized spacial score (nSPS) is 16.8. The fraction of sp³-hybridized carbons (Fsp3) is 0.538. The van der Waals surface area contributed by atoms with Gasteiger partial charge in [0.25, 0.3) is 5.91 Å². The summed E-state index contributed by atoms with van der Waals surface area (Å²) in [5.41, 5.74) is 0.482. The highest BCUT2D eigenvalue weighted by Gasteiger charge is 2.15. The van der Waals surface area contributed by atoms with Gasteiger partial charge in [-0.1, -0.05) is 25.3 Å². The summed E-state index contributed by atoms with van der Waals surface area (Å²) in [6.45, 7) is 0.785. The fourth-order valence-electron chi connectivity index (χ4n) is 2.25. The molecular formula is C13H17BrN2O. The Morgan fingerprint density at radius 2 is 2.12 bits per heavy atom. The molecule has 2 rings (SSSR count). The second kappa shape index (κ2) is 6.15. The molecule has 0 saturated heterocycles. The summed E-state index contributed by atoms with van der Waals surface area (Å²) in [6.07, 6.45) is 6.43. The van der Waals surface area contributed by atoms with E-state index in [-0.39, 0.29) is 5.91 Å². The fourth-order valence-corrected chi connectivity index (χ4v) is 2.60. The van der Waals surface area contributed by atoms with Crippen LogP contribution in [0.3, 0.4) is 0 Å². The number of amides is 1. The van der Waals surface area contributed by atoms with E-state index in [0.29, 0.717) is 16.2 Å². The molecule has 1 amide bonds. The van der Waals surface area contributed by atoms with E-state index in [4.69, 9.17) is 0 Å². The van der Waals surface area contributed by atoms with Crippen molar-refractivity contribution >= 4 is 21.8 Å². The first kappa shape index (κ1) is 12.6. The van der Waals surface area contributed by atoms with Crippen LogP contribution in [0.1, 0.15) is 42.6 Å². The smallest absolute Gasteiger partial charge is 0.269 e. The Hall–Kier alpha value is -0.900. The lowest BCUT2D eigenvalue weighted by Crippen LogP contribution is -2.30. The number of pyridine rings is 1. The minimum Gasteiger partial charge on any atom is -0.350 e. The SMILES string of the molecule is O=C(NCC1CCCCC1)c1cccc(Br)n1. The monoisotopic (exact) mass is 296 g/mol. The van der Waals surface area contributed by atoms with Crippen LogP contribution in [-0.4, -0.2) is 17.4 Å². The molecule has 0 radical (unpaired) electrons. The Balaban J connectivity index is 1.84. The van der Waals surface area contributed by atoms with Crippen molar-refractivity contribution in [2.75, 3.05) is 6.54 Å². The number of nitrogens with zero attached hydrogens (tertiary/aromatic N) is 1. The molecule has 17 heavy (non-hydrogen) atoms. The summed E-state index contributed by atoms with van der Waals surface area (Å²) in [4.78, 5) is 16.0. The lowest BCUT2D eigenvalue weighted by atomic mass is 9.89. The van der Waals surface area contributed by atoms with Gasteiger partial charge in [-0.25, -0.2) is 4.98 Å². The number of carbonyl (C=O) groups excluding carboxylic acids is 1. The Kier molecular flexibility index (Phi) is 4.54. The van der Waals surface area contributed by atoms with E-state index in [1.807, 2.05) is 12.1 Å². The molecule has 0 aromatic carbocycles. The van der Waals surface area contributed by atoms with Crippen LogP contribution >= 0.6 is 15.9 Å². The van der Waals surface area contributed by atoms with Gasteiger partial charge >= 0.3 is 0 Å². The molecule has 0 spiro atoms. The topological polar surface area (TPSA) is 42.0 Å². The Morgan fingerprint density at radius 1 is 1.35 bits per heavy atom. The molecule has 1 aliphatic carbocycles. The summed E-state index contributed by atoms with van der Waals surface area (Å²) in [5, 5.41) is 2.97. The zero-order chi connectivity index (χ0) is 12.1. The van der Waals surface area contributed by atoms with Gasteiger partial charge in [-0.05, 0) is 46.8 Å². The van der Waals surface area contributed by atoms with E-state index in [2.05, 4.69) is 26.2 Å². The first-order valence-electron chi connectivity index (χ1n) is 6.16. The first-order chi connectivity index (χ1) is 8.25. The average Bonchev–Trinajstić information content (AvgIpc) is 2.37. The number of aromatic nitrogens is 1. The third kappa shape index (κ3) is 3.80. The Bertz CT molecular complexity index is 389. The molecule has 0 bridgehead atoms. The van der Waals surface area contributed by atoms with Crippen molar-refractivity contribution in [2.45, 2.75) is 32.1 Å². The molecule has 4 heteroatoms. The van der Waals surface area contributed by atoms with Crippen molar-refractivity contribution in [3.8, 4) is 0 Å². The molecule has 0 unspecified atom stereocenters. The summed E-state index contributed by atoms with van der Waals surface area (Å²) in [7, 11) is 0. The summed E-state index contributed by atoms with van der Waals surface area (Å²) < 4.78 is 0.697. The molecule has 1 saturated carbocycles. The van der Waals surface area contributed by atoms with E-state index in [0.717, 1.165) is 6.54 Å². The highest BCUT2D eigenvalue weighted by Crippen LogP contribution is 2.22. The van der Waals surface area contributed by atoms with Crippen LogP contribution in [0, 0.1) is 5.92 Å². The molecule has 1 N–H and O–H groups in total. The third-order valence-electron chi connectivity index (χ3n) is 3.22. The van der Waals surface area contributed by atoms with Gasteiger partial charge in [-0.3, -0.25) is 4.79 Å². The largest absolute Gasteiger partial charge is 0.350 e. The molecule has 1 aromatic heterocycles. The van der Waals surface area contributed by atoms with Crippen LogP contribution in [0.2, 0.25) is 0 Å². The molecule has 92 valence electrons. The van der Waals surface area contributed by atoms with Crippen LogP contribution in [0.4, 0.5) is 0 Å². The maximum Gasteiger partial charge on any atom is 0.269 e. The minimum absolute atomic E-state index is 0.0723. The van der Waals surface area contributed by atoms with Crippen LogP contribution in [-0.2, 0) is 0 Å². The van der Waals surface area contributed by atoms with Gasteiger partial charge in [-0.2, -0.15) is 0 Å². The van der Waals surface area contributed by atoms with Crippen molar-refractivity contribution in [3.05, 3.63) is 28.5 Å². The quantitative estimate of drug-likeness (QED) is 0.871. The van der Waals surface area contributed by atoms with Crippen molar-refractivity contribution < 1.29 is 4.79 Å². The lowest BCUT2D eigenvalue weighted by Gasteiger charge is -2.21. The minimum atomic E-state index is -0.0723. The van der Waals surface area contributed by atoms with Gasteiger partial charge in [0.1, 0.15) is 10.3 Å². The molecule has 0 aliphatic heterocycles. The standard InChI is InChI=1S/C13H17BrN2O/c14-12-8-4-7-11(16-12)13(17)15-9-10-5-2-1-3-6-10/h4,7-8,10H,1-3,5-6,9H2,(H,15,17). The number of nitrogens with one attached hydrogen (secondary N) is 1. The zero-order valence-electron chi connectivity index (χ0n) is 9.79. The van der Waals surface area contributed by atoms with Crippen molar-refractivity contribution in [1.29, 1.82) is 0 Å². The first-order valence-corrected chi connectivity index (χ1v) is 6.96. The highest BCUT2D eigenvalue weighted by atomic mass is 79.9. The average molecular weight is 297 g/mol. The second-order valence-corrected chi connectivity index (χ2v) is 5.37. The predicted octanol–water partition coefficient (Wildman–Crippen LogP) is 3.15. The Labute approximate surface area is 110 Å². The van der Waals surface area contributed by atoms with E-state index < -0.39 is 0 Å². The van der Waals surface area contributed by atoms with Crippen molar-refractivity contribution in [1.82, 2.24) is 10.3 Å². The van der Waals surface area contributed by atoms with Gasteiger partial charge in [0, 0.05) is 6.54 Å². The highest BCUT2D eigenvalue weighted by molar-refractivity contribution is 9.10. The molecule has 1 aliphatic rings. The van der Waals surface area contributed by atoms with Gasteiger partial charge < -0.3 is 5.32 Å². The summed E-state index contributed by atoms with van der Waals surface area (Å²) in [6, 6.07) is 5.38. The Morgan fingerprint density at radius 3 is 2.82 bits per heavy atom. The third-order valence-corrected chi connectivity index (χ3v) is 3.67. The van der Waals surface area contributed by atoms with Crippen molar-refractivity contribution in [3.63, 3.8) is 0 Å². The van der Waals surface area contributed by atoms with Crippen molar-refractivity contribution in [2.24, 2.45) is 5.92 Å². The van der Waals surface area contributed by atoms with Gasteiger partial charge in [0.2, 0.25) is 0 Å². The molecule has 3 nitrogen and oxygen atoms in total. The molecular weight excluding hydrogens is 280 g/mol. The number of halogens is 1. The van der Waals surface area contributed by atoms with E-state index in [1.54, 1.807) is 6.07 Å². The number of hydrogen-bond acceptors (Lipinski definition) is 2. The number of hydrogen-bond donors (Lipinski definition) is 1. The van der Waals surface area contributed by atoms with Crippen LogP contribution in [0.25, 0.3) is 0 Å². The van der Waals surface area contributed by atoms with E-state index >= 15 is 0 Å². The van der Waals surface area contributed by atoms with Gasteiger partial charge in [-0.15, -0.1) is 0 Å². The lowest BCUT2D eigenvalue weighted by molar-refractivity contribution is 0.0938. The number of rotatable bonds is 3. The predicted molar refractivity (Wildman–Crippen MR) is 70.8 cm³/mol. The van der Waals surface area contributed by atoms with Crippen LogP contribution in [0.15, 0.2) is 22.8 Å². The maximum atomic E-state index is 11.8. The van der Waals surface area contributed by atoms with E-state index in [1.165, 1.54) is 32.1 Å². The van der Waals surface area contributed by atoms with Gasteiger partial charge in [0.15, 0.2) is 0 Å². The maximum absolute atomic E-state index is 11.8. The van der Waals surface area contributed by atoms with Gasteiger partial charge in [0.05, 0.1) is 0 Å². The molecule has 1 aromatic rings.